The maximum atomic E-state index is 8.95. The molecule has 0 amide bonds. The molecule has 0 saturated heterocycles. The van der Waals surface area contributed by atoms with Gasteiger partial charge in [-0.3, -0.25) is 0 Å². The van der Waals surface area contributed by atoms with Gasteiger partial charge in [-0.1, -0.05) is 30.3 Å². The van der Waals surface area contributed by atoms with Gasteiger partial charge in [0.1, 0.15) is 5.82 Å². The van der Waals surface area contributed by atoms with Gasteiger partial charge < -0.3 is 9.47 Å². The molecule has 0 N–H and O–H groups in total. The molecular weight excluding hydrogens is 284 g/mol. The number of aromatic nitrogens is 2. The first-order valence-electron chi connectivity index (χ1n) is 7.75. The predicted molar refractivity (Wildman–Crippen MR) is 92.8 cm³/mol. The lowest BCUT2D eigenvalue weighted by atomic mass is 10.1. The number of benzene rings is 2. The Bertz CT molecular complexity index is 855. The highest BCUT2D eigenvalue weighted by Gasteiger charge is 2.12. The number of nitriles is 1. The molecule has 0 bridgehead atoms. The molecule has 4 nitrogen and oxygen atoms in total. The maximum absolute atomic E-state index is 8.95. The van der Waals surface area contributed by atoms with E-state index < -0.39 is 0 Å². The molecule has 4 heteroatoms. The van der Waals surface area contributed by atoms with E-state index in [9.17, 15) is 0 Å². The van der Waals surface area contributed by atoms with Crippen molar-refractivity contribution in [3.05, 3.63) is 54.1 Å². The molecule has 1 heterocycles. The number of para-hydroxylation sites is 2. The number of imidazole rings is 1. The average molecular weight is 304 g/mol. The molecule has 23 heavy (non-hydrogen) atoms. The van der Waals surface area contributed by atoms with Gasteiger partial charge in [0.25, 0.3) is 0 Å². The molecule has 0 aliphatic heterocycles. The third-order valence-electron chi connectivity index (χ3n) is 3.79. The van der Waals surface area contributed by atoms with Gasteiger partial charge in [0.05, 0.1) is 23.5 Å². The van der Waals surface area contributed by atoms with Crippen LogP contribution in [0.1, 0.15) is 12.0 Å². The van der Waals surface area contributed by atoms with Crippen LogP contribution in [0.4, 0.5) is 0 Å². The van der Waals surface area contributed by atoms with Gasteiger partial charge in [0.2, 0.25) is 0 Å². The predicted octanol–water partition coefficient (Wildman–Crippen LogP) is 3.68. The van der Waals surface area contributed by atoms with Crippen LogP contribution in [0.25, 0.3) is 22.4 Å². The van der Waals surface area contributed by atoms with Crippen LogP contribution in [-0.4, -0.2) is 28.5 Å². The summed E-state index contributed by atoms with van der Waals surface area (Å²) in [5, 5.41) is 8.95. The molecule has 1 aromatic heterocycles. The van der Waals surface area contributed by atoms with Crippen molar-refractivity contribution in [1.29, 1.82) is 5.26 Å². The Morgan fingerprint density at radius 2 is 1.96 bits per heavy atom. The van der Waals surface area contributed by atoms with Gasteiger partial charge >= 0.3 is 0 Å². The summed E-state index contributed by atoms with van der Waals surface area (Å²) in [4.78, 5) is 6.95. The van der Waals surface area contributed by atoms with Crippen molar-refractivity contribution in [2.45, 2.75) is 19.5 Å². The molecule has 0 radical (unpaired) electrons. The molecule has 0 aliphatic carbocycles. The van der Waals surface area contributed by atoms with Crippen LogP contribution < -0.4 is 0 Å². The summed E-state index contributed by atoms with van der Waals surface area (Å²) < 4.78 is 2.15. The third kappa shape index (κ3) is 3.25. The lowest BCUT2D eigenvalue weighted by Gasteiger charge is -2.12. The van der Waals surface area contributed by atoms with Gasteiger partial charge in [-0.25, -0.2) is 4.98 Å². The molecule has 3 rings (SSSR count). The van der Waals surface area contributed by atoms with E-state index in [2.05, 4.69) is 60.0 Å². The zero-order chi connectivity index (χ0) is 16.2. The zero-order valence-corrected chi connectivity index (χ0v) is 13.5. The molecule has 0 unspecified atom stereocenters. The summed E-state index contributed by atoms with van der Waals surface area (Å²) in [5.74, 6) is 0.932. The van der Waals surface area contributed by atoms with E-state index in [1.165, 1.54) is 5.56 Å². The smallest absolute Gasteiger partial charge is 0.141 e. The summed E-state index contributed by atoms with van der Waals surface area (Å²) in [5.41, 5.74) is 4.40. The van der Waals surface area contributed by atoms with Crippen LogP contribution in [0, 0.1) is 11.3 Å². The number of rotatable bonds is 5. The largest absolute Gasteiger partial charge is 0.323 e. The second kappa shape index (κ2) is 6.64. The van der Waals surface area contributed by atoms with Crippen molar-refractivity contribution in [2.75, 3.05) is 14.1 Å². The highest BCUT2D eigenvalue weighted by molar-refractivity contribution is 5.80. The van der Waals surface area contributed by atoms with Crippen LogP contribution in [0.15, 0.2) is 48.5 Å². The van der Waals surface area contributed by atoms with Crippen LogP contribution in [-0.2, 0) is 13.1 Å². The SMILES string of the molecule is CN(C)Cc1cccc(-c2nc3ccccc3n2CCC#N)c1. The topological polar surface area (TPSA) is 44.9 Å². The number of fused-ring (bicyclic) bond motifs is 1. The Hall–Kier alpha value is -2.64. The first kappa shape index (κ1) is 15.3. The van der Waals surface area contributed by atoms with E-state index in [4.69, 9.17) is 10.2 Å². The van der Waals surface area contributed by atoms with Crippen LogP contribution >= 0.6 is 0 Å². The molecule has 3 aromatic rings. The van der Waals surface area contributed by atoms with E-state index in [0.29, 0.717) is 13.0 Å². The summed E-state index contributed by atoms with van der Waals surface area (Å²) in [6.45, 7) is 1.55. The second-order valence-electron chi connectivity index (χ2n) is 5.92. The molecule has 0 atom stereocenters. The summed E-state index contributed by atoms with van der Waals surface area (Å²) in [6, 6.07) is 18.8. The van der Waals surface area contributed by atoms with Crippen molar-refractivity contribution in [3.8, 4) is 17.5 Å². The summed E-state index contributed by atoms with van der Waals surface area (Å²) in [7, 11) is 4.13. The molecule has 0 saturated carbocycles. The number of aryl methyl sites for hydroxylation is 1. The van der Waals surface area contributed by atoms with E-state index in [-0.39, 0.29) is 0 Å². The molecule has 0 fully saturated rings. The molecule has 0 spiro atoms. The normalized spacial score (nSPS) is 11.0. The second-order valence-corrected chi connectivity index (χ2v) is 5.92. The first-order chi connectivity index (χ1) is 11.2. The quantitative estimate of drug-likeness (QED) is 0.722. The fourth-order valence-corrected chi connectivity index (χ4v) is 2.86. The zero-order valence-electron chi connectivity index (χ0n) is 13.5. The Morgan fingerprint density at radius 3 is 2.74 bits per heavy atom. The van der Waals surface area contributed by atoms with Crippen LogP contribution in [0.3, 0.4) is 0 Å². The average Bonchev–Trinajstić information content (AvgIpc) is 2.91. The van der Waals surface area contributed by atoms with Crippen molar-refractivity contribution >= 4 is 11.0 Å². The lowest BCUT2D eigenvalue weighted by molar-refractivity contribution is 0.402. The minimum absolute atomic E-state index is 0.477. The van der Waals surface area contributed by atoms with E-state index in [1.807, 2.05) is 18.2 Å². The number of hydrogen-bond donors (Lipinski definition) is 0. The molecular formula is C19H20N4. The number of hydrogen-bond acceptors (Lipinski definition) is 3. The van der Waals surface area contributed by atoms with E-state index >= 15 is 0 Å². The monoisotopic (exact) mass is 304 g/mol. The maximum Gasteiger partial charge on any atom is 0.141 e. The van der Waals surface area contributed by atoms with Crippen molar-refractivity contribution in [3.63, 3.8) is 0 Å². The lowest BCUT2D eigenvalue weighted by Crippen LogP contribution is -2.10. The van der Waals surface area contributed by atoms with Crippen LogP contribution in [0.2, 0.25) is 0 Å². The Morgan fingerprint density at radius 1 is 1.13 bits per heavy atom. The van der Waals surface area contributed by atoms with Crippen molar-refractivity contribution in [2.24, 2.45) is 0 Å². The van der Waals surface area contributed by atoms with Crippen molar-refractivity contribution < 1.29 is 0 Å². The standard InChI is InChI=1S/C19H20N4/c1-22(2)14-15-7-5-8-16(13-15)19-21-17-9-3-4-10-18(17)23(19)12-6-11-20/h3-5,7-10,13H,6,12,14H2,1-2H3. The summed E-state index contributed by atoms with van der Waals surface area (Å²) >= 11 is 0. The van der Waals surface area contributed by atoms with Gasteiger partial charge in [-0.2, -0.15) is 5.26 Å². The highest BCUT2D eigenvalue weighted by atomic mass is 15.1. The number of nitrogens with zero attached hydrogens (tertiary/aromatic N) is 4. The fourth-order valence-electron chi connectivity index (χ4n) is 2.86. The van der Waals surface area contributed by atoms with E-state index in [0.717, 1.165) is 29.0 Å². The van der Waals surface area contributed by atoms with E-state index in [1.54, 1.807) is 0 Å². The Kier molecular flexibility index (Phi) is 4.40. The molecule has 116 valence electrons. The molecule has 2 aromatic carbocycles. The van der Waals surface area contributed by atoms with Crippen LogP contribution in [0.5, 0.6) is 0 Å². The van der Waals surface area contributed by atoms with Gasteiger partial charge in [-0.05, 0) is 37.9 Å². The summed E-state index contributed by atoms with van der Waals surface area (Å²) in [6.07, 6.45) is 0.477. The van der Waals surface area contributed by atoms with Gasteiger partial charge in [-0.15, -0.1) is 0 Å². The minimum atomic E-state index is 0.477. The highest BCUT2D eigenvalue weighted by Crippen LogP contribution is 2.26. The Labute approximate surface area is 136 Å². The fraction of sp³-hybridized carbons (Fsp3) is 0.263. The minimum Gasteiger partial charge on any atom is -0.323 e. The Balaban J connectivity index is 2.10. The molecule has 0 aliphatic rings. The first-order valence-corrected chi connectivity index (χ1v) is 7.75. The van der Waals surface area contributed by atoms with Gasteiger partial charge in [0, 0.05) is 18.7 Å². The van der Waals surface area contributed by atoms with Gasteiger partial charge in [0.15, 0.2) is 0 Å². The van der Waals surface area contributed by atoms with Crippen molar-refractivity contribution in [1.82, 2.24) is 14.5 Å². The third-order valence-corrected chi connectivity index (χ3v) is 3.79.